The number of rotatable bonds is 9. The van der Waals surface area contributed by atoms with Crippen molar-refractivity contribution < 1.29 is 14.3 Å². The van der Waals surface area contributed by atoms with Crippen LogP contribution in [0.25, 0.3) is 11.0 Å². The van der Waals surface area contributed by atoms with E-state index in [0.717, 1.165) is 59.9 Å². The molecule has 7 nitrogen and oxygen atoms in total. The highest BCUT2D eigenvalue weighted by Crippen LogP contribution is 2.29. The van der Waals surface area contributed by atoms with Crippen LogP contribution in [0.5, 0.6) is 11.5 Å². The third-order valence-corrected chi connectivity index (χ3v) is 6.04. The van der Waals surface area contributed by atoms with Gasteiger partial charge in [-0.1, -0.05) is 12.1 Å². The zero-order valence-corrected chi connectivity index (χ0v) is 19.8. The number of aromatic amines is 1. The molecule has 33 heavy (non-hydrogen) atoms. The molecular formula is C26H34N4O3. The fourth-order valence-electron chi connectivity index (χ4n) is 4.37. The lowest BCUT2D eigenvalue weighted by Gasteiger charge is -2.31. The Hall–Kier alpha value is -3.22. The molecule has 176 valence electrons. The quantitative estimate of drug-likeness (QED) is 0.510. The maximum Gasteiger partial charge on any atom is 0.224 e. The summed E-state index contributed by atoms with van der Waals surface area (Å²) in [7, 11) is 0. The number of imidazole rings is 1. The van der Waals surface area contributed by atoms with Crippen molar-refractivity contribution in [2.24, 2.45) is 5.92 Å². The van der Waals surface area contributed by atoms with Crippen LogP contribution in [-0.4, -0.2) is 48.7 Å². The normalized spacial score (nSPS) is 16.1. The molecule has 2 aromatic carbocycles. The van der Waals surface area contributed by atoms with E-state index in [2.05, 4.69) is 34.3 Å². The van der Waals surface area contributed by atoms with Gasteiger partial charge in [0.05, 0.1) is 30.2 Å². The molecule has 1 amide bonds. The van der Waals surface area contributed by atoms with E-state index in [1.807, 2.05) is 38.1 Å². The molecule has 1 aliphatic rings. The molecule has 4 rings (SSSR count). The van der Waals surface area contributed by atoms with Crippen LogP contribution in [-0.2, 0) is 11.2 Å². The van der Waals surface area contributed by atoms with Crippen molar-refractivity contribution >= 4 is 22.9 Å². The number of benzene rings is 2. The van der Waals surface area contributed by atoms with Crippen LogP contribution in [0.15, 0.2) is 36.4 Å². The minimum Gasteiger partial charge on any atom is -0.490 e. The number of aromatic nitrogens is 2. The number of anilines is 1. The van der Waals surface area contributed by atoms with E-state index in [-0.39, 0.29) is 11.8 Å². The summed E-state index contributed by atoms with van der Waals surface area (Å²) >= 11 is 0. The van der Waals surface area contributed by atoms with Gasteiger partial charge >= 0.3 is 0 Å². The monoisotopic (exact) mass is 450 g/mol. The van der Waals surface area contributed by atoms with Crippen LogP contribution >= 0.6 is 0 Å². The summed E-state index contributed by atoms with van der Waals surface area (Å²) < 4.78 is 11.3. The number of aryl methyl sites for hydroxylation is 1. The van der Waals surface area contributed by atoms with E-state index in [0.29, 0.717) is 26.3 Å². The van der Waals surface area contributed by atoms with Crippen LogP contribution in [0.2, 0.25) is 0 Å². The van der Waals surface area contributed by atoms with Crippen LogP contribution in [0.3, 0.4) is 0 Å². The number of nitrogens with zero attached hydrogens (tertiary/aromatic N) is 2. The van der Waals surface area contributed by atoms with Gasteiger partial charge in [-0.05, 0) is 75.4 Å². The topological polar surface area (TPSA) is 79.5 Å². The van der Waals surface area contributed by atoms with Gasteiger partial charge in [0.15, 0.2) is 11.5 Å². The number of H-pyrrole nitrogens is 1. The minimum atomic E-state index is -0.0342. The fourth-order valence-corrected chi connectivity index (χ4v) is 4.37. The summed E-state index contributed by atoms with van der Waals surface area (Å²) in [5.41, 5.74) is 4.32. The number of carbonyl (C=O) groups is 1. The highest BCUT2D eigenvalue weighted by Gasteiger charge is 2.27. The molecule has 1 aliphatic heterocycles. The van der Waals surface area contributed by atoms with Crippen LogP contribution in [0, 0.1) is 12.8 Å². The Morgan fingerprint density at radius 2 is 1.97 bits per heavy atom. The Kier molecular flexibility index (Phi) is 7.37. The van der Waals surface area contributed by atoms with Gasteiger partial charge in [-0.2, -0.15) is 0 Å². The maximum absolute atomic E-state index is 12.9. The molecule has 0 spiro atoms. The molecule has 2 heterocycles. The number of hydrogen-bond donors (Lipinski definition) is 2. The number of carbonyl (C=O) groups excluding carboxylic acids is 1. The Bertz CT molecular complexity index is 1090. The number of fused-ring (bicyclic) bond motifs is 1. The molecule has 1 saturated heterocycles. The van der Waals surface area contributed by atoms with Gasteiger partial charge in [-0.25, -0.2) is 4.98 Å². The molecule has 0 saturated carbocycles. The van der Waals surface area contributed by atoms with E-state index in [1.54, 1.807) is 0 Å². The number of nitrogens with one attached hydrogen (secondary N) is 2. The summed E-state index contributed by atoms with van der Waals surface area (Å²) in [5, 5.41) is 3.13. The average molecular weight is 451 g/mol. The van der Waals surface area contributed by atoms with Gasteiger partial charge in [-0.3, -0.25) is 4.79 Å². The number of ether oxygens (including phenoxy) is 2. The number of piperidine rings is 1. The predicted molar refractivity (Wildman–Crippen MR) is 131 cm³/mol. The molecule has 0 unspecified atom stereocenters. The molecule has 1 atom stereocenters. The lowest BCUT2D eigenvalue weighted by molar-refractivity contribution is -0.125. The van der Waals surface area contributed by atoms with Gasteiger partial charge < -0.3 is 24.7 Å². The predicted octanol–water partition coefficient (Wildman–Crippen LogP) is 4.24. The van der Waals surface area contributed by atoms with Crippen molar-refractivity contribution in [1.29, 1.82) is 0 Å². The minimum absolute atomic E-state index is 0.0342. The van der Waals surface area contributed by atoms with Gasteiger partial charge in [0.1, 0.15) is 0 Å². The summed E-state index contributed by atoms with van der Waals surface area (Å²) in [6.45, 7) is 9.37. The second kappa shape index (κ2) is 10.6. The molecular weight excluding hydrogens is 416 g/mol. The van der Waals surface area contributed by atoms with Crippen LogP contribution in [0.4, 0.5) is 5.95 Å². The summed E-state index contributed by atoms with van der Waals surface area (Å²) in [6, 6.07) is 12.2. The third kappa shape index (κ3) is 5.59. The average Bonchev–Trinajstić information content (AvgIpc) is 3.24. The van der Waals surface area contributed by atoms with Crippen molar-refractivity contribution in [3.05, 3.63) is 47.5 Å². The van der Waals surface area contributed by atoms with E-state index in [1.165, 1.54) is 5.56 Å². The Labute approximate surface area is 195 Å². The first kappa shape index (κ1) is 23.0. The summed E-state index contributed by atoms with van der Waals surface area (Å²) in [6.07, 6.45) is 2.63. The van der Waals surface area contributed by atoms with Gasteiger partial charge in [0.25, 0.3) is 0 Å². The molecule has 7 heteroatoms. The van der Waals surface area contributed by atoms with E-state index in [4.69, 9.17) is 14.5 Å². The highest BCUT2D eigenvalue weighted by atomic mass is 16.5. The van der Waals surface area contributed by atoms with Crippen molar-refractivity contribution in [2.75, 3.05) is 37.7 Å². The summed E-state index contributed by atoms with van der Waals surface area (Å²) in [5.74, 6) is 2.45. The van der Waals surface area contributed by atoms with Gasteiger partial charge in [0.2, 0.25) is 11.9 Å². The van der Waals surface area contributed by atoms with E-state index in [9.17, 15) is 4.79 Å². The Morgan fingerprint density at radius 3 is 2.79 bits per heavy atom. The molecule has 0 radical (unpaired) electrons. The van der Waals surface area contributed by atoms with E-state index < -0.39 is 0 Å². The molecule has 2 N–H and O–H groups in total. The zero-order chi connectivity index (χ0) is 23.2. The SMILES string of the molecule is CCOc1ccc(CCNC(=O)[C@@H]2CCCN(c3nc4ccc(C)cc4[nH]3)C2)cc1OCC. The smallest absolute Gasteiger partial charge is 0.224 e. The van der Waals surface area contributed by atoms with E-state index >= 15 is 0 Å². The molecule has 0 aliphatic carbocycles. The zero-order valence-electron chi connectivity index (χ0n) is 19.8. The maximum atomic E-state index is 12.9. The molecule has 1 aromatic heterocycles. The highest BCUT2D eigenvalue weighted by molar-refractivity contribution is 5.80. The lowest BCUT2D eigenvalue weighted by atomic mass is 9.97. The first-order valence-electron chi connectivity index (χ1n) is 11.9. The van der Waals surface area contributed by atoms with Crippen molar-refractivity contribution in [3.8, 4) is 11.5 Å². The van der Waals surface area contributed by atoms with Crippen molar-refractivity contribution in [2.45, 2.75) is 40.0 Å². The standard InChI is InChI=1S/C26H34N4O3/c1-4-32-23-11-9-19(16-24(23)33-5-2)12-13-27-25(31)20-7-6-14-30(17-20)26-28-21-10-8-18(3)15-22(21)29-26/h8-11,15-16,20H,4-7,12-14,17H2,1-3H3,(H,27,31)(H,28,29)/t20-/m1/s1. The first-order chi connectivity index (χ1) is 16.1. The number of hydrogen-bond acceptors (Lipinski definition) is 5. The first-order valence-corrected chi connectivity index (χ1v) is 11.9. The Balaban J connectivity index is 1.32. The number of amides is 1. The fraction of sp³-hybridized carbons (Fsp3) is 0.462. The van der Waals surface area contributed by atoms with Crippen molar-refractivity contribution in [3.63, 3.8) is 0 Å². The van der Waals surface area contributed by atoms with Crippen molar-refractivity contribution in [1.82, 2.24) is 15.3 Å². The molecule has 0 bridgehead atoms. The second-order valence-corrected chi connectivity index (χ2v) is 8.55. The molecule has 3 aromatic rings. The second-order valence-electron chi connectivity index (χ2n) is 8.55. The van der Waals surface area contributed by atoms with Gasteiger partial charge in [-0.15, -0.1) is 0 Å². The third-order valence-electron chi connectivity index (χ3n) is 6.04. The Morgan fingerprint density at radius 1 is 1.15 bits per heavy atom. The largest absolute Gasteiger partial charge is 0.490 e. The van der Waals surface area contributed by atoms with Crippen LogP contribution < -0.4 is 19.7 Å². The van der Waals surface area contributed by atoms with Gasteiger partial charge in [0, 0.05) is 19.6 Å². The molecule has 1 fully saturated rings. The summed E-state index contributed by atoms with van der Waals surface area (Å²) in [4.78, 5) is 23.2. The van der Waals surface area contributed by atoms with Crippen LogP contribution in [0.1, 0.15) is 37.8 Å². The lowest BCUT2D eigenvalue weighted by Crippen LogP contribution is -2.43.